The molecule has 0 amide bonds. The van der Waals surface area contributed by atoms with E-state index in [-0.39, 0.29) is 5.54 Å². The zero-order valence-corrected chi connectivity index (χ0v) is 12.0. The summed E-state index contributed by atoms with van der Waals surface area (Å²) in [4.78, 5) is 7.09. The summed E-state index contributed by atoms with van der Waals surface area (Å²) in [5, 5.41) is 3.63. The van der Waals surface area contributed by atoms with Crippen LogP contribution in [0.5, 0.6) is 0 Å². The molecule has 1 N–H and O–H groups in total. The van der Waals surface area contributed by atoms with Gasteiger partial charge in [0.15, 0.2) is 0 Å². The minimum atomic E-state index is 0.204. The summed E-state index contributed by atoms with van der Waals surface area (Å²) >= 11 is 0. The largest absolute Gasteiger partial charge is 0.311 e. The van der Waals surface area contributed by atoms with E-state index >= 15 is 0 Å². The molecule has 1 unspecified atom stereocenters. The van der Waals surface area contributed by atoms with E-state index in [0.717, 1.165) is 19.6 Å². The molecule has 0 aromatic carbocycles. The van der Waals surface area contributed by atoms with E-state index in [0.29, 0.717) is 6.04 Å². The first-order chi connectivity index (χ1) is 8.53. The van der Waals surface area contributed by atoms with Gasteiger partial charge in [-0.1, -0.05) is 13.0 Å². The quantitative estimate of drug-likeness (QED) is 0.888. The first-order valence-corrected chi connectivity index (χ1v) is 6.92. The average molecular weight is 247 g/mol. The van der Waals surface area contributed by atoms with E-state index in [1.165, 1.54) is 17.7 Å². The Labute approximate surface area is 111 Å². The van der Waals surface area contributed by atoms with Crippen LogP contribution in [0.3, 0.4) is 0 Å². The first kappa shape index (κ1) is 13.5. The number of rotatable bonds is 3. The molecular formula is C15H25N3. The molecule has 3 heteroatoms. The van der Waals surface area contributed by atoms with Crippen molar-refractivity contribution >= 4 is 0 Å². The normalized spacial score (nSPS) is 24.1. The van der Waals surface area contributed by atoms with Crippen molar-refractivity contribution in [2.45, 2.75) is 52.2 Å². The maximum absolute atomic E-state index is 4.53. The summed E-state index contributed by atoms with van der Waals surface area (Å²) in [6, 6.07) is 4.77. The summed E-state index contributed by atoms with van der Waals surface area (Å²) in [6.07, 6.45) is 3.09. The molecular weight excluding hydrogens is 222 g/mol. The van der Waals surface area contributed by atoms with Gasteiger partial charge in [-0.3, -0.25) is 9.88 Å². The zero-order chi connectivity index (χ0) is 13.2. The highest BCUT2D eigenvalue weighted by molar-refractivity contribution is 5.18. The van der Waals surface area contributed by atoms with Crippen molar-refractivity contribution in [1.82, 2.24) is 15.2 Å². The van der Waals surface area contributed by atoms with Gasteiger partial charge < -0.3 is 5.32 Å². The monoisotopic (exact) mass is 247 g/mol. The standard InChI is InChI=1S/C15H25N3/c1-5-13-9-18(15(3,4)11-17-13)10-14-12(2)7-6-8-16-14/h6-8,13,17H,5,9-11H2,1-4H3. The number of hydrogen-bond acceptors (Lipinski definition) is 3. The number of hydrogen-bond donors (Lipinski definition) is 1. The Balaban J connectivity index is 2.12. The smallest absolute Gasteiger partial charge is 0.0573 e. The third-order valence-corrected chi connectivity index (χ3v) is 4.07. The maximum Gasteiger partial charge on any atom is 0.0573 e. The molecule has 100 valence electrons. The highest BCUT2D eigenvalue weighted by atomic mass is 15.3. The van der Waals surface area contributed by atoms with E-state index in [9.17, 15) is 0 Å². The molecule has 1 aromatic rings. The number of aryl methyl sites for hydroxylation is 1. The molecule has 1 aliphatic heterocycles. The fraction of sp³-hybridized carbons (Fsp3) is 0.667. The lowest BCUT2D eigenvalue weighted by Gasteiger charge is -2.46. The van der Waals surface area contributed by atoms with Crippen LogP contribution >= 0.6 is 0 Å². The van der Waals surface area contributed by atoms with Crippen LogP contribution < -0.4 is 5.32 Å². The predicted molar refractivity (Wildman–Crippen MR) is 75.5 cm³/mol. The van der Waals surface area contributed by atoms with Gasteiger partial charge in [0, 0.05) is 37.4 Å². The predicted octanol–water partition coefficient (Wildman–Crippen LogP) is 2.35. The third kappa shape index (κ3) is 2.90. The number of pyridine rings is 1. The van der Waals surface area contributed by atoms with Crippen LogP contribution in [0.2, 0.25) is 0 Å². The van der Waals surface area contributed by atoms with Crippen LogP contribution in [0.15, 0.2) is 18.3 Å². The topological polar surface area (TPSA) is 28.2 Å². The van der Waals surface area contributed by atoms with Gasteiger partial charge in [0.1, 0.15) is 0 Å². The van der Waals surface area contributed by atoms with Gasteiger partial charge >= 0.3 is 0 Å². The molecule has 1 aliphatic rings. The average Bonchev–Trinajstić information content (AvgIpc) is 2.34. The molecule has 1 atom stereocenters. The van der Waals surface area contributed by atoms with Gasteiger partial charge in [-0.05, 0) is 38.8 Å². The van der Waals surface area contributed by atoms with Crippen molar-refractivity contribution in [2.75, 3.05) is 13.1 Å². The second-order valence-electron chi connectivity index (χ2n) is 5.95. The number of piperazine rings is 1. The summed E-state index contributed by atoms with van der Waals surface area (Å²) in [5.41, 5.74) is 2.71. The molecule has 1 fully saturated rings. The van der Waals surface area contributed by atoms with E-state index in [1.807, 2.05) is 12.3 Å². The molecule has 1 aromatic heterocycles. The summed E-state index contributed by atoms with van der Waals surface area (Å²) < 4.78 is 0. The van der Waals surface area contributed by atoms with Crippen molar-refractivity contribution in [3.63, 3.8) is 0 Å². The van der Waals surface area contributed by atoms with Gasteiger partial charge in [0.25, 0.3) is 0 Å². The van der Waals surface area contributed by atoms with E-state index in [1.54, 1.807) is 0 Å². The lowest BCUT2D eigenvalue weighted by molar-refractivity contribution is 0.0563. The molecule has 0 aliphatic carbocycles. The third-order valence-electron chi connectivity index (χ3n) is 4.07. The van der Waals surface area contributed by atoms with E-state index in [2.05, 4.69) is 49.0 Å². The number of nitrogens with one attached hydrogen (secondary N) is 1. The highest BCUT2D eigenvalue weighted by Gasteiger charge is 2.33. The molecule has 18 heavy (non-hydrogen) atoms. The Bertz CT molecular complexity index is 400. The van der Waals surface area contributed by atoms with Crippen LogP contribution in [0.1, 0.15) is 38.4 Å². The summed E-state index contributed by atoms with van der Waals surface area (Å²) in [5.74, 6) is 0. The van der Waals surface area contributed by atoms with Gasteiger partial charge in [-0.25, -0.2) is 0 Å². The minimum absolute atomic E-state index is 0.204. The first-order valence-electron chi connectivity index (χ1n) is 6.92. The molecule has 0 radical (unpaired) electrons. The zero-order valence-electron chi connectivity index (χ0n) is 12.0. The minimum Gasteiger partial charge on any atom is -0.311 e. The number of nitrogens with zero attached hydrogens (tertiary/aromatic N) is 2. The Kier molecular flexibility index (Phi) is 4.03. The molecule has 0 saturated carbocycles. The second kappa shape index (κ2) is 5.37. The van der Waals surface area contributed by atoms with Gasteiger partial charge in [0.05, 0.1) is 5.69 Å². The number of aromatic nitrogens is 1. The van der Waals surface area contributed by atoms with Crippen molar-refractivity contribution in [1.29, 1.82) is 0 Å². The maximum atomic E-state index is 4.53. The van der Waals surface area contributed by atoms with Crippen LogP contribution in [0.4, 0.5) is 0 Å². The Morgan fingerprint density at radius 2 is 2.28 bits per heavy atom. The lowest BCUT2D eigenvalue weighted by Crippen LogP contribution is -2.61. The van der Waals surface area contributed by atoms with Crippen molar-refractivity contribution in [3.05, 3.63) is 29.6 Å². The fourth-order valence-electron chi connectivity index (χ4n) is 2.50. The Hall–Kier alpha value is -0.930. The molecule has 0 spiro atoms. The van der Waals surface area contributed by atoms with Gasteiger partial charge in [0.2, 0.25) is 0 Å². The van der Waals surface area contributed by atoms with Gasteiger partial charge in [-0.15, -0.1) is 0 Å². The van der Waals surface area contributed by atoms with E-state index < -0.39 is 0 Å². The lowest BCUT2D eigenvalue weighted by atomic mass is 9.96. The van der Waals surface area contributed by atoms with Crippen LogP contribution in [0.25, 0.3) is 0 Å². The van der Waals surface area contributed by atoms with Crippen LogP contribution in [-0.4, -0.2) is 34.6 Å². The Morgan fingerprint density at radius 3 is 2.94 bits per heavy atom. The summed E-state index contributed by atoms with van der Waals surface area (Å²) in [6.45, 7) is 12.1. The van der Waals surface area contributed by atoms with Gasteiger partial charge in [-0.2, -0.15) is 0 Å². The van der Waals surface area contributed by atoms with Crippen LogP contribution in [0, 0.1) is 6.92 Å². The fourth-order valence-corrected chi connectivity index (χ4v) is 2.50. The van der Waals surface area contributed by atoms with Crippen LogP contribution in [-0.2, 0) is 6.54 Å². The van der Waals surface area contributed by atoms with Crippen molar-refractivity contribution < 1.29 is 0 Å². The SMILES string of the molecule is CCC1CN(Cc2ncccc2C)C(C)(C)CN1. The molecule has 0 bridgehead atoms. The summed E-state index contributed by atoms with van der Waals surface area (Å²) in [7, 11) is 0. The molecule has 3 nitrogen and oxygen atoms in total. The molecule has 1 saturated heterocycles. The molecule has 2 rings (SSSR count). The highest BCUT2D eigenvalue weighted by Crippen LogP contribution is 2.22. The second-order valence-corrected chi connectivity index (χ2v) is 5.95. The van der Waals surface area contributed by atoms with Crippen molar-refractivity contribution in [2.24, 2.45) is 0 Å². The van der Waals surface area contributed by atoms with E-state index in [4.69, 9.17) is 0 Å². The molecule has 2 heterocycles. The van der Waals surface area contributed by atoms with Crippen molar-refractivity contribution in [3.8, 4) is 0 Å². The Morgan fingerprint density at radius 1 is 1.50 bits per heavy atom.